The Kier molecular flexibility index (Phi) is 9.75. The maximum atomic E-state index is 12.9. The Hall–Kier alpha value is -4.38. The molecular formula is C30H36N6O7. The first-order chi connectivity index (χ1) is 20.5. The summed E-state index contributed by atoms with van der Waals surface area (Å²) in [5, 5.41) is 29.0. The van der Waals surface area contributed by atoms with E-state index in [1.54, 1.807) is 51.1 Å². The van der Waals surface area contributed by atoms with Gasteiger partial charge in [-0.15, -0.1) is 0 Å². The lowest BCUT2D eigenvalue weighted by atomic mass is 9.92. The van der Waals surface area contributed by atoms with Gasteiger partial charge in [0.1, 0.15) is 42.8 Å². The molecule has 13 heteroatoms. The van der Waals surface area contributed by atoms with Crippen molar-refractivity contribution in [2.75, 3.05) is 11.9 Å². The lowest BCUT2D eigenvalue weighted by Crippen LogP contribution is -2.46. The number of hydrogen-bond acceptors (Lipinski definition) is 11. The normalized spacial score (nSPS) is 23.0. The lowest BCUT2D eigenvalue weighted by Gasteiger charge is -2.25. The molecule has 0 unspecified atom stereocenters. The fourth-order valence-electron chi connectivity index (χ4n) is 4.65. The van der Waals surface area contributed by atoms with Crippen LogP contribution in [0.5, 0.6) is 0 Å². The van der Waals surface area contributed by atoms with Crippen LogP contribution in [0.2, 0.25) is 0 Å². The van der Waals surface area contributed by atoms with Gasteiger partial charge in [0.05, 0.1) is 12.1 Å². The molecular weight excluding hydrogens is 556 g/mol. The molecule has 0 saturated carbocycles. The van der Waals surface area contributed by atoms with Crippen LogP contribution in [0.1, 0.15) is 45.4 Å². The maximum Gasteiger partial charge on any atom is 0.323 e. The van der Waals surface area contributed by atoms with Crippen LogP contribution in [0.4, 0.5) is 5.82 Å². The molecule has 0 bridgehead atoms. The molecule has 4 rings (SSSR count). The molecule has 1 fully saturated rings. The molecule has 3 heterocycles. The highest BCUT2D eigenvalue weighted by Gasteiger charge is 2.60. The van der Waals surface area contributed by atoms with E-state index < -0.39 is 48.5 Å². The van der Waals surface area contributed by atoms with Crippen LogP contribution in [0, 0.1) is 23.2 Å². The number of aliphatic hydroxyl groups is 1. The molecule has 3 aromatic rings. The topological polar surface area (TPSA) is 191 Å². The summed E-state index contributed by atoms with van der Waals surface area (Å²) in [5.74, 6) is -1.98. The minimum Gasteiger partial charge on any atom is -0.463 e. The van der Waals surface area contributed by atoms with Crippen LogP contribution in [-0.4, -0.2) is 68.5 Å². The molecule has 1 saturated heterocycles. The summed E-state index contributed by atoms with van der Waals surface area (Å²) in [4.78, 5) is 42.2. The number of amides is 1. The molecule has 0 radical (unpaired) electrons. The first kappa shape index (κ1) is 31.6. The summed E-state index contributed by atoms with van der Waals surface area (Å²) in [7, 11) is 0. The molecule has 228 valence electrons. The van der Waals surface area contributed by atoms with Crippen LogP contribution < -0.4 is 11.1 Å². The summed E-state index contributed by atoms with van der Waals surface area (Å²) in [5.41, 5.74) is 5.04. The van der Waals surface area contributed by atoms with Crippen molar-refractivity contribution in [1.29, 1.82) is 5.26 Å². The van der Waals surface area contributed by atoms with Crippen molar-refractivity contribution in [3.05, 3.63) is 60.0 Å². The summed E-state index contributed by atoms with van der Waals surface area (Å²) < 4.78 is 18.5. The van der Waals surface area contributed by atoms with Crippen LogP contribution >= 0.6 is 0 Å². The van der Waals surface area contributed by atoms with E-state index in [2.05, 4.69) is 15.4 Å². The SMILES string of the molecule is CC[C@@H](C)C(=O)Nc1ncnn2c([C@]3(C#N)O[C@H](COC(=O)Cc4ccccc4)[C@@H](OC(=O)[C@@H](N)C(C)C)[C@H]3O)ccc12. The van der Waals surface area contributed by atoms with Gasteiger partial charge in [-0.2, -0.15) is 10.4 Å². The molecule has 4 N–H and O–H groups in total. The third kappa shape index (κ3) is 6.51. The highest BCUT2D eigenvalue weighted by molar-refractivity contribution is 5.94. The van der Waals surface area contributed by atoms with Crippen molar-refractivity contribution < 1.29 is 33.7 Å². The number of anilines is 1. The number of nitrogens with two attached hydrogens (primary N) is 1. The van der Waals surface area contributed by atoms with E-state index in [9.17, 15) is 24.8 Å². The number of nitriles is 1. The van der Waals surface area contributed by atoms with Crippen molar-refractivity contribution >= 4 is 29.2 Å². The minimum absolute atomic E-state index is 0.0202. The van der Waals surface area contributed by atoms with Crippen molar-refractivity contribution in [1.82, 2.24) is 14.6 Å². The third-order valence-electron chi connectivity index (χ3n) is 7.57. The number of carbonyl (C=O) groups is 3. The fraction of sp³-hybridized carbons (Fsp3) is 0.467. The van der Waals surface area contributed by atoms with Crippen LogP contribution in [-0.2, 0) is 40.6 Å². The van der Waals surface area contributed by atoms with E-state index in [1.165, 1.54) is 16.9 Å². The number of nitrogens with one attached hydrogen (secondary N) is 1. The largest absolute Gasteiger partial charge is 0.463 e. The van der Waals surface area contributed by atoms with E-state index >= 15 is 0 Å². The minimum atomic E-state index is -2.11. The van der Waals surface area contributed by atoms with Gasteiger partial charge in [0.2, 0.25) is 11.5 Å². The van der Waals surface area contributed by atoms with Crippen molar-refractivity contribution in [3.8, 4) is 6.07 Å². The van der Waals surface area contributed by atoms with E-state index in [0.717, 1.165) is 5.56 Å². The monoisotopic (exact) mass is 592 g/mol. The van der Waals surface area contributed by atoms with Gasteiger partial charge >= 0.3 is 11.9 Å². The summed E-state index contributed by atoms with van der Waals surface area (Å²) in [6.45, 7) is 6.72. The molecule has 43 heavy (non-hydrogen) atoms. The molecule has 1 amide bonds. The number of rotatable bonds is 11. The second-order valence-corrected chi connectivity index (χ2v) is 10.9. The number of carbonyl (C=O) groups excluding carboxylic acids is 3. The second kappa shape index (κ2) is 13.3. The van der Waals surface area contributed by atoms with E-state index in [0.29, 0.717) is 11.9 Å². The van der Waals surface area contributed by atoms with Gasteiger partial charge < -0.3 is 30.4 Å². The van der Waals surface area contributed by atoms with Gasteiger partial charge in [-0.05, 0) is 30.0 Å². The second-order valence-electron chi connectivity index (χ2n) is 10.9. The summed E-state index contributed by atoms with van der Waals surface area (Å²) in [6, 6.07) is 13.0. The van der Waals surface area contributed by atoms with Crippen LogP contribution in [0.25, 0.3) is 5.52 Å². The maximum absolute atomic E-state index is 12.9. The fourth-order valence-corrected chi connectivity index (χ4v) is 4.65. The number of ether oxygens (including phenoxy) is 3. The number of benzene rings is 1. The Morgan fingerprint density at radius 2 is 1.93 bits per heavy atom. The predicted octanol–water partition coefficient (Wildman–Crippen LogP) is 1.87. The van der Waals surface area contributed by atoms with E-state index in [-0.39, 0.29) is 35.7 Å². The molecule has 13 nitrogen and oxygen atoms in total. The number of hydrogen-bond donors (Lipinski definition) is 3. The molecule has 0 aliphatic carbocycles. The molecule has 0 spiro atoms. The standard InChI is InChI=1S/C30H36N6O7/c1-5-18(4)28(39)35-27-20-11-12-22(36(20)34-16-33-27)30(15-31)26(38)25(42-29(40)24(32)17(2)3)21(43-30)14-41-23(37)13-19-9-7-6-8-10-19/h6-12,16-18,21,24-26,38H,5,13-14,32H2,1-4H3,(H,33,34,35,39)/t18-,21-,24+,25-,26-,30+/m1/s1. The summed E-state index contributed by atoms with van der Waals surface area (Å²) >= 11 is 0. The Morgan fingerprint density at radius 3 is 2.58 bits per heavy atom. The van der Waals surface area contributed by atoms with Gasteiger partial charge in [-0.25, -0.2) is 9.50 Å². The molecule has 1 aliphatic heterocycles. The van der Waals surface area contributed by atoms with E-state index in [4.69, 9.17) is 19.9 Å². The van der Waals surface area contributed by atoms with Gasteiger partial charge in [0, 0.05) is 5.92 Å². The predicted molar refractivity (Wildman–Crippen MR) is 153 cm³/mol. The van der Waals surface area contributed by atoms with Crippen molar-refractivity contribution in [2.24, 2.45) is 17.6 Å². The average Bonchev–Trinajstić information content (AvgIpc) is 3.55. The van der Waals surface area contributed by atoms with Gasteiger partial charge in [-0.1, -0.05) is 58.0 Å². The van der Waals surface area contributed by atoms with Crippen molar-refractivity contribution in [3.63, 3.8) is 0 Å². The average molecular weight is 593 g/mol. The van der Waals surface area contributed by atoms with Crippen molar-refractivity contribution in [2.45, 2.75) is 70.5 Å². The summed E-state index contributed by atoms with van der Waals surface area (Å²) in [6.07, 6.45) is -2.59. The van der Waals surface area contributed by atoms with Crippen LogP contribution in [0.3, 0.4) is 0 Å². The number of esters is 2. The zero-order chi connectivity index (χ0) is 31.3. The molecule has 1 aromatic carbocycles. The first-order valence-corrected chi connectivity index (χ1v) is 14.1. The number of aliphatic hydroxyl groups excluding tert-OH is 1. The molecule has 1 aliphatic rings. The Bertz CT molecular complexity index is 1500. The molecule has 2 aromatic heterocycles. The Morgan fingerprint density at radius 1 is 1.21 bits per heavy atom. The highest BCUT2D eigenvalue weighted by Crippen LogP contribution is 2.42. The van der Waals surface area contributed by atoms with Gasteiger partial charge in [-0.3, -0.25) is 14.4 Å². The number of fused-ring (bicyclic) bond motifs is 1. The highest BCUT2D eigenvalue weighted by atomic mass is 16.6. The Labute approximate surface area is 248 Å². The zero-order valence-corrected chi connectivity index (χ0v) is 24.5. The Balaban J connectivity index is 1.66. The van der Waals surface area contributed by atoms with Gasteiger partial charge in [0.15, 0.2) is 11.9 Å². The quantitative estimate of drug-likeness (QED) is 0.275. The van der Waals surface area contributed by atoms with Crippen LogP contribution in [0.15, 0.2) is 48.8 Å². The number of aromatic nitrogens is 3. The molecule has 6 atom stereocenters. The van der Waals surface area contributed by atoms with Gasteiger partial charge in [0.25, 0.3) is 0 Å². The van der Waals surface area contributed by atoms with E-state index in [1.807, 2.05) is 19.1 Å². The number of nitrogens with zero attached hydrogens (tertiary/aromatic N) is 4. The first-order valence-electron chi connectivity index (χ1n) is 14.1. The smallest absolute Gasteiger partial charge is 0.323 e. The lowest BCUT2D eigenvalue weighted by molar-refractivity contribution is -0.162. The third-order valence-corrected chi connectivity index (χ3v) is 7.57. The zero-order valence-electron chi connectivity index (χ0n) is 24.5.